The molecular weight excluding hydrogens is 352 g/mol. The predicted molar refractivity (Wildman–Crippen MR) is 87.1 cm³/mol. The zero-order valence-electron chi connectivity index (χ0n) is 12.9. The second-order valence-corrected chi connectivity index (χ2v) is 6.11. The third kappa shape index (κ3) is 2.47. The first-order valence-corrected chi connectivity index (χ1v) is 7.48. The van der Waals surface area contributed by atoms with Crippen molar-refractivity contribution < 1.29 is 4.79 Å². The van der Waals surface area contributed by atoms with Crippen LogP contribution in [0.1, 0.15) is 26.8 Å². The predicted octanol–water partition coefficient (Wildman–Crippen LogP) is 1.39. The molecule has 0 fully saturated rings. The lowest BCUT2D eigenvalue weighted by atomic mass is 10.2. The summed E-state index contributed by atoms with van der Waals surface area (Å²) in [5.74, 6) is -0.111. The summed E-state index contributed by atoms with van der Waals surface area (Å²) >= 11 is 3.27. The lowest BCUT2D eigenvalue weighted by molar-refractivity contribution is -0.119. The first-order chi connectivity index (χ1) is 10.2. The molecule has 0 amide bonds. The van der Waals surface area contributed by atoms with Crippen molar-refractivity contribution in [2.45, 2.75) is 33.4 Å². The Labute approximate surface area is 135 Å². The Kier molecular flexibility index (Phi) is 4.23. The Morgan fingerprint density at radius 3 is 2.45 bits per heavy atom. The lowest BCUT2D eigenvalue weighted by Crippen LogP contribution is -2.40. The third-order valence-corrected chi connectivity index (χ3v) is 4.10. The van der Waals surface area contributed by atoms with Gasteiger partial charge in [-0.1, -0.05) is 12.2 Å². The molecule has 0 saturated carbocycles. The highest BCUT2D eigenvalue weighted by Crippen LogP contribution is 2.22. The first kappa shape index (κ1) is 16.4. The quantitative estimate of drug-likeness (QED) is 0.603. The summed E-state index contributed by atoms with van der Waals surface area (Å²) in [5, 5.41) is 0. The number of halogens is 1. The molecule has 2 rings (SSSR count). The molecule has 8 heteroatoms. The molecule has 0 bridgehead atoms. The maximum absolute atomic E-state index is 12.7. The Morgan fingerprint density at radius 2 is 1.95 bits per heavy atom. The van der Waals surface area contributed by atoms with Crippen molar-refractivity contribution in [2.24, 2.45) is 7.05 Å². The number of carbonyl (C=O) groups excluding carboxylic acids is 1. The van der Waals surface area contributed by atoms with Gasteiger partial charge in [-0.25, -0.2) is 9.78 Å². The Hall–Kier alpha value is -1.96. The molecule has 0 aliphatic carbocycles. The van der Waals surface area contributed by atoms with Crippen LogP contribution < -0.4 is 11.2 Å². The number of hydrogen-bond donors (Lipinski definition) is 0. The normalized spacial score (nSPS) is 12.6. The number of fused-ring (bicyclic) bond motifs is 1. The van der Waals surface area contributed by atoms with Crippen LogP contribution in [0, 0.1) is 0 Å². The summed E-state index contributed by atoms with van der Waals surface area (Å²) in [5.41, 5.74) is 0.203. The van der Waals surface area contributed by atoms with Gasteiger partial charge in [0.05, 0.1) is 12.6 Å². The van der Waals surface area contributed by atoms with Crippen LogP contribution in [0.5, 0.6) is 0 Å². The van der Waals surface area contributed by atoms with Crippen LogP contribution in [0.25, 0.3) is 11.2 Å². The van der Waals surface area contributed by atoms with E-state index in [1.165, 1.54) is 16.1 Å². The summed E-state index contributed by atoms with van der Waals surface area (Å²) < 4.78 is 4.25. The van der Waals surface area contributed by atoms with E-state index >= 15 is 0 Å². The molecule has 2 aromatic rings. The Bertz CT molecular complexity index is 903. The Morgan fingerprint density at radius 1 is 1.36 bits per heavy atom. The van der Waals surface area contributed by atoms with Gasteiger partial charge in [0.1, 0.15) is 0 Å². The van der Waals surface area contributed by atoms with Crippen LogP contribution in [0.3, 0.4) is 0 Å². The smallest absolute Gasteiger partial charge is 0.302 e. The van der Waals surface area contributed by atoms with Gasteiger partial charge in [0, 0.05) is 7.05 Å². The summed E-state index contributed by atoms with van der Waals surface area (Å²) in [6.45, 7) is 8.73. The fourth-order valence-corrected chi connectivity index (χ4v) is 2.91. The SMILES string of the molecule is C=C(C)Cn1c(=O)c2c(nc(Br)n2[C@H](C)C(C)=O)n(C)c1=O. The highest BCUT2D eigenvalue weighted by molar-refractivity contribution is 9.10. The molecular formula is C14H17BrN4O3. The zero-order valence-corrected chi connectivity index (χ0v) is 14.5. The minimum atomic E-state index is -0.567. The van der Waals surface area contributed by atoms with Gasteiger partial charge in [-0.05, 0) is 36.7 Å². The van der Waals surface area contributed by atoms with Gasteiger partial charge < -0.3 is 4.57 Å². The number of imidazole rings is 1. The van der Waals surface area contributed by atoms with E-state index in [4.69, 9.17) is 0 Å². The highest BCUT2D eigenvalue weighted by Gasteiger charge is 2.23. The second kappa shape index (κ2) is 5.68. The number of aryl methyl sites for hydroxylation is 1. The van der Waals surface area contributed by atoms with E-state index in [1.54, 1.807) is 20.9 Å². The highest BCUT2D eigenvalue weighted by atomic mass is 79.9. The molecule has 0 aliphatic heterocycles. The van der Waals surface area contributed by atoms with Crippen LogP contribution in [0.15, 0.2) is 26.5 Å². The van der Waals surface area contributed by atoms with Crippen LogP contribution in [-0.4, -0.2) is 24.5 Å². The summed E-state index contributed by atoms with van der Waals surface area (Å²) in [4.78, 5) is 40.9. The van der Waals surface area contributed by atoms with Gasteiger partial charge in [0.25, 0.3) is 5.56 Å². The largest absolute Gasteiger partial charge is 0.332 e. The van der Waals surface area contributed by atoms with E-state index in [1.807, 2.05) is 0 Å². The number of aromatic nitrogens is 4. The van der Waals surface area contributed by atoms with Crippen molar-refractivity contribution in [2.75, 3.05) is 0 Å². The first-order valence-electron chi connectivity index (χ1n) is 6.68. The van der Waals surface area contributed by atoms with Crippen molar-refractivity contribution >= 4 is 32.9 Å². The molecule has 0 N–H and O–H groups in total. The summed E-state index contributed by atoms with van der Waals surface area (Å²) in [6, 6.07) is -0.567. The molecule has 0 unspecified atom stereocenters. The van der Waals surface area contributed by atoms with Gasteiger partial charge in [-0.15, -0.1) is 0 Å². The molecule has 2 aromatic heterocycles. The molecule has 0 aromatic carbocycles. The topological polar surface area (TPSA) is 78.9 Å². The van der Waals surface area contributed by atoms with E-state index in [9.17, 15) is 14.4 Å². The van der Waals surface area contributed by atoms with Crippen LogP contribution in [0.4, 0.5) is 0 Å². The molecule has 0 spiro atoms. The van der Waals surface area contributed by atoms with E-state index in [2.05, 4.69) is 27.5 Å². The summed E-state index contributed by atoms with van der Waals surface area (Å²) in [7, 11) is 1.54. The van der Waals surface area contributed by atoms with Crippen molar-refractivity contribution in [1.29, 1.82) is 0 Å². The van der Waals surface area contributed by atoms with Gasteiger partial charge in [-0.3, -0.25) is 18.7 Å². The zero-order chi connectivity index (χ0) is 16.8. The van der Waals surface area contributed by atoms with Crippen LogP contribution in [-0.2, 0) is 18.4 Å². The van der Waals surface area contributed by atoms with Crippen molar-refractivity contribution in [3.63, 3.8) is 0 Å². The van der Waals surface area contributed by atoms with Gasteiger partial charge in [0.2, 0.25) is 0 Å². The van der Waals surface area contributed by atoms with Gasteiger partial charge in [-0.2, -0.15) is 0 Å². The van der Waals surface area contributed by atoms with Crippen LogP contribution >= 0.6 is 15.9 Å². The number of hydrogen-bond acceptors (Lipinski definition) is 4. The number of Topliss-reactive ketones (excluding diaryl/α,β-unsaturated/α-hetero) is 1. The van der Waals surface area contributed by atoms with Gasteiger partial charge >= 0.3 is 5.69 Å². The lowest BCUT2D eigenvalue weighted by Gasteiger charge is -2.13. The fourth-order valence-electron chi connectivity index (χ4n) is 2.26. The average molecular weight is 369 g/mol. The van der Waals surface area contributed by atoms with Crippen molar-refractivity contribution in [3.05, 3.63) is 37.7 Å². The van der Waals surface area contributed by atoms with E-state index in [-0.39, 0.29) is 23.5 Å². The van der Waals surface area contributed by atoms with E-state index in [0.717, 1.165) is 4.57 Å². The number of ketones is 1. The molecule has 22 heavy (non-hydrogen) atoms. The monoisotopic (exact) mass is 368 g/mol. The average Bonchev–Trinajstić information content (AvgIpc) is 2.77. The molecule has 118 valence electrons. The molecule has 7 nitrogen and oxygen atoms in total. The fraction of sp³-hybridized carbons (Fsp3) is 0.429. The van der Waals surface area contributed by atoms with Crippen LogP contribution in [0.2, 0.25) is 0 Å². The molecule has 1 atom stereocenters. The molecule has 0 radical (unpaired) electrons. The third-order valence-electron chi connectivity index (χ3n) is 3.54. The number of nitrogens with zero attached hydrogens (tertiary/aromatic N) is 4. The van der Waals surface area contributed by atoms with Crippen molar-refractivity contribution in [3.8, 4) is 0 Å². The minimum absolute atomic E-state index is 0.111. The number of rotatable bonds is 4. The maximum Gasteiger partial charge on any atom is 0.332 e. The van der Waals surface area contributed by atoms with Gasteiger partial charge in [0.15, 0.2) is 21.7 Å². The second-order valence-electron chi connectivity index (χ2n) is 5.40. The maximum atomic E-state index is 12.7. The number of allylic oxidation sites excluding steroid dienone is 1. The number of carbonyl (C=O) groups is 1. The van der Waals surface area contributed by atoms with E-state index in [0.29, 0.717) is 10.3 Å². The van der Waals surface area contributed by atoms with Crippen molar-refractivity contribution in [1.82, 2.24) is 18.7 Å². The molecule has 0 saturated heterocycles. The summed E-state index contributed by atoms with van der Waals surface area (Å²) in [6.07, 6.45) is 0. The molecule has 0 aliphatic rings. The minimum Gasteiger partial charge on any atom is -0.302 e. The molecule has 2 heterocycles. The Balaban J connectivity index is 2.97. The standard InChI is InChI=1S/C14H17BrN4O3/c1-7(2)6-18-12(21)10-11(17(5)14(18)22)16-13(15)19(10)8(3)9(4)20/h8H,1,6H2,2-5H3/t8-/m1/s1. The van der Waals surface area contributed by atoms with E-state index < -0.39 is 17.3 Å².